The number of nitrogens with zero attached hydrogens (tertiary/aromatic N) is 1. The average molecular weight is 315 g/mol. The molecule has 1 aromatic carbocycles. The molecule has 2 rings (SSSR count). The van der Waals surface area contributed by atoms with Gasteiger partial charge in [0.2, 0.25) is 0 Å². The summed E-state index contributed by atoms with van der Waals surface area (Å²) in [4.78, 5) is 14.8. The highest BCUT2D eigenvalue weighted by atomic mass is 19.4. The van der Waals surface area contributed by atoms with Gasteiger partial charge in [0.1, 0.15) is 17.1 Å². The molecular formula is C14H11F3N2O3. The zero-order chi connectivity index (χ0) is 19.0. The van der Waals surface area contributed by atoms with Crippen LogP contribution in [-0.2, 0) is 6.18 Å². The maximum absolute atomic E-state index is 13.1. The highest BCUT2D eigenvalue weighted by Crippen LogP contribution is 2.35. The second-order valence-corrected chi connectivity index (χ2v) is 4.25. The summed E-state index contributed by atoms with van der Waals surface area (Å²) in [7, 11) is 0. The summed E-state index contributed by atoms with van der Waals surface area (Å²) in [5.74, 6) is -2.38. The van der Waals surface area contributed by atoms with Crippen LogP contribution in [0.5, 0.6) is 5.75 Å². The number of nitrogens with one attached hydrogen (secondary N) is 1. The molecule has 0 radical (unpaired) electrons. The molecule has 0 spiro atoms. The molecule has 0 saturated carbocycles. The van der Waals surface area contributed by atoms with Gasteiger partial charge in [-0.1, -0.05) is 6.07 Å². The number of aromatic nitrogens is 1. The number of hydrogen-bond acceptors (Lipinski definition) is 4. The molecule has 116 valence electrons. The molecule has 0 aliphatic carbocycles. The van der Waals surface area contributed by atoms with Crippen molar-refractivity contribution in [3.8, 4) is 5.75 Å². The van der Waals surface area contributed by atoms with E-state index < -0.39 is 52.9 Å². The SMILES string of the molecule is [2H]C([2H])([2H])c1c(Nc2ncc(O)cc2C(=O)O)cccc1C(F)(F)F. The molecule has 8 heteroatoms. The average Bonchev–Trinajstić information content (AvgIpc) is 2.46. The Balaban J connectivity index is 2.64. The molecule has 0 fully saturated rings. The number of alkyl halides is 3. The van der Waals surface area contributed by atoms with E-state index in [1.807, 2.05) is 0 Å². The summed E-state index contributed by atoms with van der Waals surface area (Å²) in [6.45, 7) is -3.12. The van der Waals surface area contributed by atoms with Crippen LogP contribution in [0.1, 0.15) is 25.6 Å². The minimum Gasteiger partial charge on any atom is -0.506 e. The van der Waals surface area contributed by atoms with E-state index in [4.69, 9.17) is 9.22 Å². The lowest BCUT2D eigenvalue weighted by atomic mass is 10.1. The highest BCUT2D eigenvalue weighted by molar-refractivity contribution is 5.94. The number of aromatic hydroxyl groups is 1. The predicted octanol–water partition coefficient (Wildman–Crippen LogP) is 3.56. The first-order chi connectivity index (χ1) is 11.4. The van der Waals surface area contributed by atoms with Gasteiger partial charge in [-0.2, -0.15) is 13.2 Å². The fraction of sp³-hybridized carbons (Fsp3) is 0.143. The molecule has 0 aliphatic heterocycles. The van der Waals surface area contributed by atoms with Crippen molar-refractivity contribution in [3.05, 3.63) is 47.2 Å². The Hall–Kier alpha value is -2.77. The lowest BCUT2D eigenvalue weighted by Crippen LogP contribution is -2.10. The van der Waals surface area contributed by atoms with Gasteiger partial charge < -0.3 is 15.5 Å². The van der Waals surface area contributed by atoms with Crippen LogP contribution in [0.25, 0.3) is 0 Å². The third-order valence-electron chi connectivity index (χ3n) is 2.73. The Labute approximate surface area is 127 Å². The van der Waals surface area contributed by atoms with E-state index in [0.717, 1.165) is 24.4 Å². The molecule has 1 heterocycles. The van der Waals surface area contributed by atoms with Crippen molar-refractivity contribution in [2.45, 2.75) is 13.0 Å². The van der Waals surface area contributed by atoms with Crippen LogP contribution >= 0.6 is 0 Å². The van der Waals surface area contributed by atoms with Crippen LogP contribution in [-0.4, -0.2) is 21.2 Å². The van der Waals surface area contributed by atoms with Gasteiger partial charge >= 0.3 is 12.1 Å². The first-order valence-corrected chi connectivity index (χ1v) is 5.81. The molecule has 2 aromatic rings. The van der Waals surface area contributed by atoms with Crippen LogP contribution in [0.3, 0.4) is 0 Å². The molecule has 1 aromatic heterocycles. The summed E-state index contributed by atoms with van der Waals surface area (Å²) in [5, 5.41) is 20.7. The van der Waals surface area contributed by atoms with Crippen molar-refractivity contribution >= 4 is 17.5 Å². The zero-order valence-corrected chi connectivity index (χ0v) is 10.8. The standard InChI is InChI=1S/C14H11F3N2O3/c1-7-10(14(15,16)17)3-2-4-11(7)19-12-9(13(21)22)5-8(20)6-18-12/h2-6,20H,1H3,(H,18,19)(H,21,22)/i1D3. The van der Waals surface area contributed by atoms with Gasteiger partial charge in [-0.3, -0.25) is 0 Å². The predicted molar refractivity (Wildman–Crippen MR) is 72.3 cm³/mol. The van der Waals surface area contributed by atoms with Gasteiger partial charge in [-0.25, -0.2) is 9.78 Å². The Morgan fingerprint density at radius 3 is 2.73 bits per heavy atom. The molecule has 0 bridgehead atoms. The van der Waals surface area contributed by atoms with Gasteiger partial charge in [-0.15, -0.1) is 0 Å². The van der Waals surface area contributed by atoms with E-state index in [-0.39, 0.29) is 0 Å². The summed E-state index contributed by atoms with van der Waals surface area (Å²) in [6.07, 6.45) is -4.04. The van der Waals surface area contributed by atoms with Crippen molar-refractivity contribution in [1.29, 1.82) is 0 Å². The molecular weight excluding hydrogens is 301 g/mol. The Kier molecular flexibility index (Phi) is 2.99. The van der Waals surface area contributed by atoms with E-state index in [1.165, 1.54) is 0 Å². The first kappa shape index (κ1) is 11.8. The van der Waals surface area contributed by atoms with Gasteiger partial charge in [0.05, 0.1) is 11.8 Å². The monoisotopic (exact) mass is 315 g/mol. The lowest BCUT2D eigenvalue weighted by Gasteiger charge is -2.15. The largest absolute Gasteiger partial charge is 0.506 e. The normalized spacial score (nSPS) is 13.9. The van der Waals surface area contributed by atoms with Crippen LogP contribution in [0.4, 0.5) is 24.7 Å². The highest BCUT2D eigenvalue weighted by Gasteiger charge is 2.33. The van der Waals surface area contributed by atoms with E-state index in [9.17, 15) is 23.1 Å². The van der Waals surface area contributed by atoms with Gasteiger partial charge in [0, 0.05) is 9.80 Å². The molecule has 5 nitrogen and oxygen atoms in total. The minimum atomic E-state index is -4.92. The van der Waals surface area contributed by atoms with Gasteiger partial charge in [0.15, 0.2) is 0 Å². The summed E-state index contributed by atoms with van der Waals surface area (Å²) in [5.41, 5.74) is -3.37. The zero-order valence-electron chi connectivity index (χ0n) is 13.8. The molecule has 0 amide bonds. The summed E-state index contributed by atoms with van der Waals surface area (Å²) >= 11 is 0. The van der Waals surface area contributed by atoms with Crippen molar-refractivity contribution < 1.29 is 32.3 Å². The van der Waals surface area contributed by atoms with Crippen molar-refractivity contribution in [2.75, 3.05) is 5.32 Å². The number of anilines is 2. The molecule has 0 unspecified atom stereocenters. The Morgan fingerprint density at radius 2 is 2.14 bits per heavy atom. The first-order valence-electron chi connectivity index (χ1n) is 7.31. The van der Waals surface area contributed by atoms with Gasteiger partial charge in [-0.05, 0) is 30.6 Å². The summed E-state index contributed by atoms with van der Waals surface area (Å²) < 4.78 is 61.6. The fourth-order valence-corrected chi connectivity index (χ4v) is 1.74. The molecule has 0 atom stereocenters. The number of aromatic carboxylic acids is 1. The molecule has 3 N–H and O–H groups in total. The third-order valence-corrected chi connectivity index (χ3v) is 2.73. The van der Waals surface area contributed by atoms with Crippen LogP contribution in [0.2, 0.25) is 0 Å². The smallest absolute Gasteiger partial charge is 0.416 e. The number of hydrogen-bond donors (Lipinski definition) is 3. The van der Waals surface area contributed by atoms with Crippen molar-refractivity contribution in [2.24, 2.45) is 0 Å². The van der Waals surface area contributed by atoms with E-state index >= 15 is 0 Å². The minimum absolute atomic E-state index is 0.407. The number of carboxylic acids is 1. The number of pyridine rings is 1. The number of halogens is 3. The summed E-state index contributed by atoms with van der Waals surface area (Å²) in [6, 6.07) is 3.51. The van der Waals surface area contributed by atoms with Crippen LogP contribution in [0, 0.1) is 6.85 Å². The van der Waals surface area contributed by atoms with Gasteiger partial charge in [0.25, 0.3) is 0 Å². The fourth-order valence-electron chi connectivity index (χ4n) is 1.74. The Bertz CT molecular complexity index is 823. The van der Waals surface area contributed by atoms with E-state index in [1.54, 1.807) is 0 Å². The van der Waals surface area contributed by atoms with E-state index in [0.29, 0.717) is 6.07 Å². The second-order valence-electron chi connectivity index (χ2n) is 4.25. The third kappa shape index (κ3) is 3.11. The maximum Gasteiger partial charge on any atom is 0.416 e. The number of carboxylic acid groups (broad SMARTS) is 1. The van der Waals surface area contributed by atoms with E-state index in [2.05, 4.69) is 10.3 Å². The van der Waals surface area contributed by atoms with Crippen LogP contribution in [0.15, 0.2) is 30.5 Å². The molecule has 0 saturated heterocycles. The molecule has 22 heavy (non-hydrogen) atoms. The van der Waals surface area contributed by atoms with Crippen LogP contribution < -0.4 is 5.32 Å². The number of benzene rings is 1. The number of carbonyl (C=O) groups is 1. The lowest BCUT2D eigenvalue weighted by molar-refractivity contribution is -0.138. The Morgan fingerprint density at radius 1 is 1.41 bits per heavy atom. The second kappa shape index (κ2) is 5.55. The quantitative estimate of drug-likeness (QED) is 0.807. The van der Waals surface area contributed by atoms with Crippen molar-refractivity contribution in [3.63, 3.8) is 0 Å². The van der Waals surface area contributed by atoms with Crippen molar-refractivity contribution in [1.82, 2.24) is 4.98 Å². The number of rotatable bonds is 3. The molecule has 0 aliphatic rings. The maximum atomic E-state index is 13.1. The topological polar surface area (TPSA) is 82.5 Å².